The van der Waals surface area contributed by atoms with Crippen LogP contribution < -0.4 is 5.73 Å². The van der Waals surface area contributed by atoms with Gasteiger partial charge >= 0.3 is 0 Å². The summed E-state index contributed by atoms with van der Waals surface area (Å²) in [6, 6.07) is 0.141. The van der Waals surface area contributed by atoms with Crippen LogP contribution in [0, 0.1) is 0 Å². The van der Waals surface area contributed by atoms with Crippen LogP contribution in [0.5, 0.6) is 0 Å². The van der Waals surface area contributed by atoms with Gasteiger partial charge in [0.15, 0.2) is 5.11 Å². The molecule has 0 unspecified atom stereocenters. The van der Waals surface area contributed by atoms with Gasteiger partial charge in [0.1, 0.15) is 0 Å². The lowest BCUT2D eigenvalue weighted by Gasteiger charge is -2.23. The van der Waals surface area contributed by atoms with Gasteiger partial charge in [-0.15, -0.1) is 0 Å². The van der Waals surface area contributed by atoms with Gasteiger partial charge in [0.2, 0.25) is 0 Å². The van der Waals surface area contributed by atoms with E-state index in [9.17, 15) is 5.11 Å². The number of hydrogen-bond acceptors (Lipinski definition) is 3. The SMILES string of the molecule is COC[C@H]1C[C@@H](O)CN1C(N)=S. The molecule has 0 amide bonds. The molecule has 0 aromatic heterocycles. The standard InChI is InChI=1S/C7H14N2O2S/c1-11-4-5-2-6(10)3-9(5)7(8)12/h5-6,10H,2-4H2,1H3,(H2,8,12)/t5-,6-/m1/s1. The molecule has 70 valence electrons. The second-order valence-electron chi connectivity index (χ2n) is 2.99. The topological polar surface area (TPSA) is 58.7 Å². The summed E-state index contributed by atoms with van der Waals surface area (Å²) >= 11 is 4.84. The lowest BCUT2D eigenvalue weighted by atomic mass is 10.2. The van der Waals surface area contributed by atoms with E-state index in [-0.39, 0.29) is 12.1 Å². The molecule has 1 aliphatic heterocycles. The van der Waals surface area contributed by atoms with E-state index in [1.165, 1.54) is 0 Å². The molecule has 2 atom stereocenters. The molecule has 0 radical (unpaired) electrons. The molecule has 1 rings (SSSR count). The van der Waals surface area contributed by atoms with Crippen molar-refractivity contribution >= 4 is 17.3 Å². The minimum atomic E-state index is -0.327. The van der Waals surface area contributed by atoms with Crippen LogP contribution in [0.15, 0.2) is 0 Å². The van der Waals surface area contributed by atoms with Crippen molar-refractivity contribution < 1.29 is 9.84 Å². The Balaban J connectivity index is 2.53. The van der Waals surface area contributed by atoms with E-state index in [2.05, 4.69) is 0 Å². The molecular weight excluding hydrogens is 176 g/mol. The first-order valence-corrected chi connectivity index (χ1v) is 4.29. The predicted molar refractivity (Wildman–Crippen MR) is 49.8 cm³/mol. The zero-order chi connectivity index (χ0) is 9.14. The lowest BCUT2D eigenvalue weighted by Crippen LogP contribution is -2.41. The van der Waals surface area contributed by atoms with E-state index in [4.69, 9.17) is 22.7 Å². The molecule has 5 heteroatoms. The average Bonchev–Trinajstić information content (AvgIpc) is 2.32. The third-order valence-electron chi connectivity index (χ3n) is 2.03. The highest BCUT2D eigenvalue weighted by Crippen LogP contribution is 2.17. The monoisotopic (exact) mass is 190 g/mol. The summed E-state index contributed by atoms with van der Waals surface area (Å²) in [7, 11) is 1.63. The van der Waals surface area contributed by atoms with Crippen molar-refractivity contribution in [3.63, 3.8) is 0 Å². The van der Waals surface area contributed by atoms with Gasteiger partial charge in [-0.3, -0.25) is 0 Å². The molecule has 1 aliphatic rings. The quantitative estimate of drug-likeness (QED) is 0.565. The van der Waals surface area contributed by atoms with E-state index in [1.54, 1.807) is 7.11 Å². The Morgan fingerprint density at radius 2 is 2.50 bits per heavy atom. The molecule has 0 aromatic carbocycles. The second kappa shape index (κ2) is 4.02. The van der Waals surface area contributed by atoms with Crippen molar-refractivity contribution in [1.29, 1.82) is 0 Å². The second-order valence-corrected chi connectivity index (χ2v) is 3.41. The highest BCUT2D eigenvalue weighted by molar-refractivity contribution is 7.80. The highest BCUT2D eigenvalue weighted by atomic mass is 32.1. The van der Waals surface area contributed by atoms with E-state index >= 15 is 0 Å². The highest BCUT2D eigenvalue weighted by Gasteiger charge is 2.31. The predicted octanol–water partition coefficient (Wildman–Crippen LogP) is -0.688. The summed E-state index contributed by atoms with van der Waals surface area (Å²) in [6.45, 7) is 1.10. The van der Waals surface area contributed by atoms with Crippen LogP contribution in [0.4, 0.5) is 0 Å². The summed E-state index contributed by atoms with van der Waals surface area (Å²) < 4.78 is 4.99. The third kappa shape index (κ3) is 2.06. The zero-order valence-electron chi connectivity index (χ0n) is 7.06. The fourth-order valence-electron chi connectivity index (χ4n) is 1.51. The number of methoxy groups -OCH3 is 1. The van der Waals surface area contributed by atoms with Gasteiger partial charge in [0, 0.05) is 13.7 Å². The van der Waals surface area contributed by atoms with Crippen LogP contribution in [0.25, 0.3) is 0 Å². The maximum Gasteiger partial charge on any atom is 0.166 e. The molecule has 12 heavy (non-hydrogen) atoms. The summed E-state index contributed by atoms with van der Waals surface area (Å²) in [4.78, 5) is 1.81. The molecule has 0 saturated carbocycles. The molecule has 3 N–H and O–H groups in total. The summed E-state index contributed by atoms with van der Waals surface area (Å²) in [5.41, 5.74) is 5.47. The van der Waals surface area contributed by atoms with Crippen molar-refractivity contribution in [1.82, 2.24) is 4.90 Å². The number of ether oxygens (including phenoxy) is 1. The number of nitrogens with zero attached hydrogens (tertiary/aromatic N) is 1. The normalized spacial score (nSPS) is 29.3. The van der Waals surface area contributed by atoms with Crippen LogP contribution in [0.2, 0.25) is 0 Å². The molecule has 1 fully saturated rings. The van der Waals surface area contributed by atoms with E-state index < -0.39 is 0 Å². The van der Waals surface area contributed by atoms with Crippen LogP contribution in [0.1, 0.15) is 6.42 Å². The first-order valence-electron chi connectivity index (χ1n) is 3.88. The van der Waals surface area contributed by atoms with Gasteiger partial charge in [0.25, 0.3) is 0 Å². The van der Waals surface area contributed by atoms with E-state index in [1.807, 2.05) is 4.90 Å². The van der Waals surface area contributed by atoms with Crippen LogP contribution >= 0.6 is 12.2 Å². The van der Waals surface area contributed by atoms with Gasteiger partial charge in [-0.1, -0.05) is 0 Å². The van der Waals surface area contributed by atoms with Crippen molar-refractivity contribution in [2.24, 2.45) is 5.73 Å². The van der Waals surface area contributed by atoms with Crippen molar-refractivity contribution in [3.8, 4) is 0 Å². The number of β-amino-alcohol motifs (C(OH)–C–C–N with tert-alkyl or cyclic N) is 1. The number of nitrogens with two attached hydrogens (primary N) is 1. The molecule has 0 aromatic rings. The number of hydrogen-bond donors (Lipinski definition) is 2. The number of thiocarbonyl (C=S) groups is 1. The first kappa shape index (κ1) is 9.70. The van der Waals surface area contributed by atoms with Crippen molar-refractivity contribution in [2.75, 3.05) is 20.3 Å². The number of aliphatic hydroxyl groups is 1. The fraction of sp³-hybridized carbons (Fsp3) is 0.857. The molecule has 4 nitrogen and oxygen atoms in total. The number of likely N-dealkylation sites (tertiary alicyclic amines) is 1. The zero-order valence-corrected chi connectivity index (χ0v) is 7.88. The van der Waals surface area contributed by atoms with Crippen molar-refractivity contribution in [2.45, 2.75) is 18.6 Å². The van der Waals surface area contributed by atoms with Gasteiger partial charge in [0.05, 0.1) is 18.8 Å². The van der Waals surface area contributed by atoms with Crippen LogP contribution in [0.3, 0.4) is 0 Å². The largest absolute Gasteiger partial charge is 0.391 e. The Labute approximate surface area is 77.3 Å². The van der Waals surface area contributed by atoms with Gasteiger partial charge in [-0.2, -0.15) is 0 Å². The Morgan fingerprint density at radius 3 is 3.00 bits per heavy atom. The molecule has 0 spiro atoms. The Hall–Kier alpha value is -0.390. The molecule has 0 bridgehead atoms. The maximum atomic E-state index is 9.33. The molecule has 1 heterocycles. The number of rotatable bonds is 2. The summed E-state index contributed by atoms with van der Waals surface area (Å²) in [6.07, 6.45) is 0.359. The molecule has 0 aliphatic carbocycles. The Bertz CT molecular complexity index is 177. The first-order chi connectivity index (χ1) is 5.65. The minimum Gasteiger partial charge on any atom is -0.391 e. The third-order valence-corrected chi connectivity index (χ3v) is 2.27. The fourth-order valence-corrected chi connectivity index (χ4v) is 1.74. The van der Waals surface area contributed by atoms with Crippen molar-refractivity contribution in [3.05, 3.63) is 0 Å². The summed E-state index contributed by atoms with van der Waals surface area (Å²) in [5, 5.41) is 9.67. The van der Waals surface area contributed by atoms with E-state index in [0.717, 1.165) is 0 Å². The smallest absolute Gasteiger partial charge is 0.166 e. The van der Waals surface area contributed by atoms with Gasteiger partial charge in [-0.05, 0) is 18.6 Å². The lowest BCUT2D eigenvalue weighted by molar-refractivity contribution is 0.143. The van der Waals surface area contributed by atoms with Gasteiger partial charge < -0.3 is 20.5 Å². The van der Waals surface area contributed by atoms with E-state index in [0.29, 0.717) is 24.7 Å². The molecule has 1 saturated heterocycles. The summed E-state index contributed by atoms with van der Waals surface area (Å²) in [5.74, 6) is 0. The Kier molecular flexibility index (Phi) is 3.25. The van der Waals surface area contributed by atoms with Gasteiger partial charge in [-0.25, -0.2) is 0 Å². The minimum absolute atomic E-state index is 0.141. The van der Waals surface area contributed by atoms with Crippen LogP contribution in [-0.4, -0.2) is 47.5 Å². The average molecular weight is 190 g/mol. The Morgan fingerprint density at radius 1 is 1.83 bits per heavy atom. The molecular formula is C7H14N2O2S. The van der Waals surface area contributed by atoms with Crippen LogP contribution in [-0.2, 0) is 4.74 Å². The number of aliphatic hydroxyl groups excluding tert-OH is 1. The maximum absolute atomic E-state index is 9.33.